The molecule has 0 radical (unpaired) electrons. The van der Waals surface area contributed by atoms with Crippen LogP contribution in [0.2, 0.25) is 0 Å². The standard InChI is InChI=1S/C8H9NO4/c1-4-6(10)7(11)5(3-9-4)8(12)13-2/h3,10H,1-2H3,(H,9,11). The fourth-order valence-corrected chi connectivity index (χ4v) is 0.874. The van der Waals surface area contributed by atoms with Gasteiger partial charge in [-0.05, 0) is 6.92 Å². The fourth-order valence-electron chi connectivity index (χ4n) is 0.874. The van der Waals surface area contributed by atoms with Gasteiger partial charge in [0.2, 0.25) is 5.43 Å². The zero-order chi connectivity index (χ0) is 10.0. The van der Waals surface area contributed by atoms with Gasteiger partial charge >= 0.3 is 5.97 Å². The number of carbonyl (C=O) groups excluding carboxylic acids is 1. The molecule has 1 rings (SSSR count). The summed E-state index contributed by atoms with van der Waals surface area (Å²) >= 11 is 0. The molecular formula is C8H9NO4. The molecule has 0 bridgehead atoms. The normalized spacial score (nSPS) is 9.69. The van der Waals surface area contributed by atoms with Gasteiger partial charge in [0.15, 0.2) is 5.75 Å². The van der Waals surface area contributed by atoms with Gasteiger partial charge < -0.3 is 14.8 Å². The van der Waals surface area contributed by atoms with Crippen LogP contribution in [-0.2, 0) is 4.74 Å². The van der Waals surface area contributed by atoms with Gasteiger partial charge in [-0.1, -0.05) is 0 Å². The number of esters is 1. The minimum atomic E-state index is -0.767. The van der Waals surface area contributed by atoms with E-state index in [1.807, 2.05) is 0 Å². The summed E-state index contributed by atoms with van der Waals surface area (Å²) in [5, 5.41) is 9.18. The third kappa shape index (κ3) is 1.53. The second-order valence-electron chi connectivity index (χ2n) is 2.50. The van der Waals surface area contributed by atoms with Gasteiger partial charge in [0.25, 0.3) is 0 Å². The highest BCUT2D eigenvalue weighted by Crippen LogP contribution is 2.07. The van der Waals surface area contributed by atoms with Crippen molar-refractivity contribution in [2.75, 3.05) is 7.11 Å². The number of pyridine rings is 1. The second-order valence-corrected chi connectivity index (χ2v) is 2.50. The van der Waals surface area contributed by atoms with Gasteiger partial charge in [0, 0.05) is 6.20 Å². The maximum atomic E-state index is 11.2. The van der Waals surface area contributed by atoms with Gasteiger partial charge in [0.05, 0.1) is 12.8 Å². The van der Waals surface area contributed by atoms with Crippen molar-refractivity contribution < 1.29 is 14.6 Å². The first-order valence-corrected chi connectivity index (χ1v) is 3.57. The number of carbonyl (C=O) groups is 1. The monoisotopic (exact) mass is 183 g/mol. The molecule has 1 aromatic rings. The SMILES string of the molecule is COC(=O)c1c[nH]c(C)c(O)c1=O. The highest BCUT2D eigenvalue weighted by molar-refractivity contribution is 5.89. The molecule has 0 unspecified atom stereocenters. The number of hydrogen-bond donors (Lipinski definition) is 2. The van der Waals surface area contributed by atoms with Crippen molar-refractivity contribution in [3.63, 3.8) is 0 Å². The number of nitrogens with one attached hydrogen (secondary N) is 1. The van der Waals surface area contributed by atoms with E-state index < -0.39 is 17.1 Å². The molecule has 0 aliphatic carbocycles. The minimum Gasteiger partial charge on any atom is -0.503 e. The second kappa shape index (κ2) is 3.30. The number of rotatable bonds is 1. The Morgan fingerprint density at radius 1 is 1.62 bits per heavy atom. The third-order valence-electron chi connectivity index (χ3n) is 1.65. The van der Waals surface area contributed by atoms with Crippen LogP contribution in [0.3, 0.4) is 0 Å². The van der Waals surface area contributed by atoms with Crippen molar-refractivity contribution in [2.45, 2.75) is 6.92 Å². The molecule has 0 saturated heterocycles. The van der Waals surface area contributed by atoms with E-state index in [9.17, 15) is 14.7 Å². The molecule has 1 heterocycles. The van der Waals surface area contributed by atoms with Crippen LogP contribution < -0.4 is 5.43 Å². The smallest absolute Gasteiger partial charge is 0.343 e. The maximum absolute atomic E-state index is 11.2. The lowest BCUT2D eigenvalue weighted by Gasteiger charge is -2.01. The highest BCUT2D eigenvalue weighted by atomic mass is 16.5. The average Bonchev–Trinajstić information content (AvgIpc) is 2.13. The van der Waals surface area contributed by atoms with Gasteiger partial charge in [0.1, 0.15) is 5.56 Å². The van der Waals surface area contributed by atoms with Crippen LogP contribution in [0.15, 0.2) is 11.0 Å². The Bertz CT molecular complexity index is 394. The molecular weight excluding hydrogens is 174 g/mol. The molecule has 0 amide bonds. The predicted octanol–water partition coefficient (Wildman–Crippen LogP) is 0.176. The summed E-state index contributed by atoms with van der Waals surface area (Å²) in [6.45, 7) is 1.53. The summed E-state index contributed by atoms with van der Waals surface area (Å²) in [5.74, 6) is -1.22. The van der Waals surface area contributed by atoms with Gasteiger partial charge in [-0.15, -0.1) is 0 Å². The van der Waals surface area contributed by atoms with E-state index in [-0.39, 0.29) is 5.56 Å². The van der Waals surface area contributed by atoms with E-state index >= 15 is 0 Å². The summed E-state index contributed by atoms with van der Waals surface area (Å²) in [7, 11) is 1.17. The topological polar surface area (TPSA) is 79.4 Å². The molecule has 13 heavy (non-hydrogen) atoms. The van der Waals surface area contributed by atoms with Gasteiger partial charge in [-0.3, -0.25) is 4.79 Å². The Labute approximate surface area is 74.0 Å². The van der Waals surface area contributed by atoms with E-state index in [4.69, 9.17) is 0 Å². The van der Waals surface area contributed by atoms with Crippen molar-refractivity contribution in [3.8, 4) is 5.75 Å². The molecule has 0 atom stereocenters. The lowest BCUT2D eigenvalue weighted by atomic mass is 10.2. The van der Waals surface area contributed by atoms with Crippen molar-refractivity contribution in [1.29, 1.82) is 0 Å². The van der Waals surface area contributed by atoms with E-state index in [1.54, 1.807) is 0 Å². The predicted molar refractivity (Wildman–Crippen MR) is 44.8 cm³/mol. The lowest BCUT2D eigenvalue weighted by molar-refractivity contribution is 0.0598. The Morgan fingerprint density at radius 2 is 2.23 bits per heavy atom. The first-order valence-electron chi connectivity index (χ1n) is 3.57. The van der Waals surface area contributed by atoms with Gasteiger partial charge in [-0.25, -0.2) is 4.79 Å². The summed E-state index contributed by atoms with van der Waals surface area (Å²) in [4.78, 5) is 24.7. The van der Waals surface area contributed by atoms with Crippen molar-refractivity contribution >= 4 is 5.97 Å². The molecule has 0 aromatic carbocycles. The number of aromatic amines is 1. The summed E-state index contributed by atoms with van der Waals surface area (Å²) in [6.07, 6.45) is 1.21. The average molecular weight is 183 g/mol. The third-order valence-corrected chi connectivity index (χ3v) is 1.65. The number of aryl methyl sites for hydroxylation is 1. The molecule has 5 nitrogen and oxygen atoms in total. The molecule has 5 heteroatoms. The van der Waals surface area contributed by atoms with Crippen LogP contribution >= 0.6 is 0 Å². The lowest BCUT2D eigenvalue weighted by Crippen LogP contribution is -2.17. The number of aromatic hydroxyl groups is 1. The molecule has 0 spiro atoms. The number of ether oxygens (including phenoxy) is 1. The maximum Gasteiger partial charge on any atom is 0.343 e. The van der Waals surface area contributed by atoms with Crippen molar-refractivity contribution in [3.05, 3.63) is 27.7 Å². The zero-order valence-corrected chi connectivity index (χ0v) is 7.25. The van der Waals surface area contributed by atoms with Crippen LogP contribution in [0.5, 0.6) is 5.75 Å². The number of aromatic nitrogens is 1. The zero-order valence-electron chi connectivity index (χ0n) is 7.25. The molecule has 0 aliphatic rings. The largest absolute Gasteiger partial charge is 0.503 e. The van der Waals surface area contributed by atoms with Crippen LogP contribution in [0, 0.1) is 6.92 Å². The van der Waals surface area contributed by atoms with Crippen LogP contribution in [0.25, 0.3) is 0 Å². The summed E-state index contributed by atoms with van der Waals surface area (Å²) in [5.41, 5.74) is -0.605. The van der Waals surface area contributed by atoms with Crippen molar-refractivity contribution in [2.24, 2.45) is 0 Å². The number of H-pyrrole nitrogens is 1. The summed E-state index contributed by atoms with van der Waals surface area (Å²) in [6, 6.07) is 0. The van der Waals surface area contributed by atoms with E-state index in [1.165, 1.54) is 20.2 Å². The first-order chi connectivity index (χ1) is 6.07. The van der Waals surface area contributed by atoms with Crippen LogP contribution in [0.4, 0.5) is 0 Å². The van der Waals surface area contributed by atoms with E-state index in [0.29, 0.717) is 5.69 Å². The Morgan fingerprint density at radius 3 is 2.77 bits per heavy atom. The first kappa shape index (κ1) is 9.31. The van der Waals surface area contributed by atoms with E-state index in [0.717, 1.165) is 0 Å². The van der Waals surface area contributed by atoms with Crippen molar-refractivity contribution in [1.82, 2.24) is 4.98 Å². The quantitative estimate of drug-likeness (QED) is 0.608. The highest BCUT2D eigenvalue weighted by Gasteiger charge is 2.14. The number of methoxy groups -OCH3 is 1. The molecule has 1 aromatic heterocycles. The van der Waals surface area contributed by atoms with Crippen LogP contribution in [-0.4, -0.2) is 23.2 Å². The van der Waals surface area contributed by atoms with Gasteiger partial charge in [-0.2, -0.15) is 0 Å². The Hall–Kier alpha value is -1.78. The molecule has 0 fully saturated rings. The Kier molecular flexibility index (Phi) is 2.36. The van der Waals surface area contributed by atoms with Crippen LogP contribution in [0.1, 0.15) is 16.1 Å². The van der Waals surface area contributed by atoms with E-state index in [2.05, 4.69) is 9.72 Å². The summed E-state index contributed by atoms with van der Waals surface area (Å²) < 4.78 is 4.34. The molecule has 0 saturated carbocycles. The molecule has 2 N–H and O–H groups in total. The number of hydrogen-bond acceptors (Lipinski definition) is 4. The minimum absolute atomic E-state index is 0.203. The fraction of sp³-hybridized carbons (Fsp3) is 0.250. The Balaban J connectivity index is 3.35. The molecule has 70 valence electrons. The molecule has 0 aliphatic heterocycles.